The number of ether oxygens (including phenoxy) is 1. The van der Waals surface area contributed by atoms with Crippen LogP contribution in [0.15, 0.2) is 23.5 Å². The van der Waals surface area contributed by atoms with Gasteiger partial charge in [0.15, 0.2) is 6.20 Å². The number of esters is 1. The van der Waals surface area contributed by atoms with E-state index in [1.807, 2.05) is 0 Å². The number of nitrogens with zero attached hydrogens (tertiary/aromatic N) is 2. The number of carbonyl (C=O) groups excluding carboxylic acids is 1. The molecule has 0 unspecified atom stereocenters. The van der Waals surface area contributed by atoms with Crippen molar-refractivity contribution in [3.8, 4) is 0 Å². The molecule has 1 aromatic rings. The van der Waals surface area contributed by atoms with Gasteiger partial charge < -0.3 is 9.94 Å². The van der Waals surface area contributed by atoms with Gasteiger partial charge >= 0.3 is 11.7 Å². The van der Waals surface area contributed by atoms with Crippen LogP contribution in [0.1, 0.15) is 17.4 Å². The van der Waals surface area contributed by atoms with Crippen LogP contribution in [0.3, 0.4) is 0 Å². The molecular formula is C8H8N2O4. The smallest absolute Gasteiger partial charge is 0.405 e. The van der Waals surface area contributed by atoms with Crippen LogP contribution in [0.4, 0.5) is 5.69 Å². The van der Waals surface area contributed by atoms with Crippen LogP contribution in [-0.2, 0) is 4.74 Å². The highest BCUT2D eigenvalue weighted by Gasteiger charge is 2.18. The molecule has 1 heterocycles. The van der Waals surface area contributed by atoms with Crippen LogP contribution in [0, 0.1) is 10.1 Å². The number of carbonyl (C=O) groups is 1. The predicted octanol–water partition coefficient (Wildman–Crippen LogP) is 0.895. The first-order chi connectivity index (χ1) is 6.69. The molecule has 0 atom stereocenters. The summed E-state index contributed by atoms with van der Waals surface area (Å²) >= 11 is 0. The number of aromatic nitrogens is 1. The highest BCUT2D eigenvalue weighted by molar-refractivity contribution is 5.86. The Hall–Kier alpha value is -1.98. The minimum absolute atomic E-state index is 0.0140. The molecule has 0 aliphatic carbocycles. The van der Waals surface area contributed by atoms with Crippen molar-refractivity contribution >= 4 is 11.7 Å². The molecule has 0 saturated heterocycles. The van der Waals surface area contributed by atoms with E-state index in [-0.39, 0.29) is 18.0 Å². The molecule has 0 saturated carbocycles. The van der Waals surface area contributed by atoms with Gasteiger partial charge in [-0.15, -0.1) is 4.91 Å². The highest BCUT2D eigenvalue weighted by atomic mass is 16.5. The zero-order valence-electron chi connectivity index (χ0n) is 7.47. The van der Waals surface area contributed by atoms with E-state index in [2.05, 4.69) is 9.91 Å². The summed E-state index contributed by atoms with van der Waals surface area (Å²) in [7, 11) is 0. The third-order valence-corrected chi connectivity index (χ3v) is 1.49. The molecule has 0 aliphatic rings. The third kappa shape index (κ3) is 2.03. The summed E-state index contributed by atoms with van der Waals surface area (Å²) in [5, 5.41) is 13.7. The molecular weight excluding hydrogens is 188 g/mol. The summed E-state index contributed by atoms with van der Waals surface area (Å²) < 4.78 is 4.93. The summed E-state index contributed by atoms with van der Waals surface area (Å²) in [6.45, 7) is 1.78. The van der Waals surface area contributed by atoms with Crippen molar-refractivity contribution < 1.29 is 14.3 Å². The lowest BCUT2D eigenvalue weighted by atomic mass is 10.3. The van der Waals surface area contributed by atoms with Crippen molar-refractivity contribution in [3.63, 3.8) is 0 Å². The molecule has 6 heteroatoms. The van der Waals surface area contributed by atoms with E-state index in [1.54, 1.807) is 6.92 Å². The monoisotopic (exact) mass is 196 g/mol. The van der Waals surface area contributed by atoms with Crippen LogP contribution in [0.25, 0.3) is 0 Å². The van der Waals surface area contributed by atoms with E-state index < -0.39 is 5.97 Å². The molecule has 0 aromatic carbocycles. The first-order valence-corrected chi connectivity index (χ1v) is 3.92. The number of pyridine rings is 1. The third-order valence-electron chi connectivity index (χ3n) is 1.49. The molecule has 0 fully saturated rings. The Bertz CT molecular complexity index is 364. The molecule has 6 nitrogen and oxygen atoms in total. The quantitative estimate of drug-likeness (QED) is 0.311. The van der Waals surface area contributed by atoms with Crippen molar-refractivity contribution in [2.24, 2.45) is 5.18 Å². The average Bonchev–Trinajstić information content (AvgIpc) is 2.19. The van der Waals surface area contributed by atoms with Crippen molar-refractivity contribution in [2.75, 3.05) is 6.61 Å². The Morgan fingerprint density at radius 2 is 2.43 bits per heavy atom. The van der Waals surface area contributed by atoms with Gasteiger partial charge in [0.25, 0.3) is 0 Å². The fourth-order valence-electron chi connectivity index (χ4n) is 0.887. The van der Waals surface area contributed by atoms with Crippen molar-refractivity contribution in [1.82, 2.24) is 0 Å². The second kappa shape index (κ2) is 4.31. The Balaban J connectivity index is 3.05. The number of rotatable bonds is 3. The summed E-state index contributed by atoms with van der Waals surface area (Å²) in [5.41, 5.74) is -0.232. The maximum Gasteiger partial charge on any atom is 0.405 e. The van der Waals surface area contributed by atoms with Crippen LogP contribution < -0.4 is 4.73 Å². The van der Waals surface area contributed by atoms with Gasteiger partial charge in [-0.3, -0.25) is 0 Å². The summed E-state index contributed by atoms with van der Waals surface area (Å²) in [6.07, 6.45) is 1.03. The van der Waals surface area contributed by atoms with Gasteiger partial charge in [0.1, 0.15) is 5.69 Å². The summed E-state index contributed by atoms with van der Waals surface area (Å²) in [5.74, 6) is -0.770. The van der Waals surface area contributed by atoms with Gasteiger partial charge in [-0.05, 0) is 12.1 Å². The summed E-state index contributed by atoms with van der Waals surface area (Å²) in [6, 6.07) is 2.29. The lowest BCUT2D eigenvalue weighted by Crippen LogP contribution is -2.34. The fraction of sp³-hybridized carbons (Fsp3) is 0.250. The minimum atomic E-state index is -0.770. The second-order valence-corrected chi connectivity index (χ2v) is 2.41. The first-order valence-electron chi connectivity index (χ1n) is 3.92. The Kier molecular flexibility index (Phi) is 3.11. The molecule has 0 N–H and O–H groups in total. The molecule has 0 spiro atoms. The van der Waals surface area contributed by atoms with Crippen molar-refractivity contribution in [3.05, 3.63) is 34.1 Å². The Morgan fingerprint density at radius 3 is 3.00 bits per heavy atom. The van der Waals surface area contributed by atoms with Crippen molar-refractivity contribution in [1.29, 1.82) is 0 Å². The normalized spacial score (nSPS) is 9.50. The first kappa shape index (κ1) is 10.1. The molecule has 74 valence electrons. The van der Waals surface area contributed by atoms with Gasteiger partial charge in [0.05, 0.1) is 6.61 Å². The number of nitroso groups, excluding NO2 is 1. The molecule has 1 aromatic heterocycles. The van der Waals surface area contributed by atoms with E-state index in [9.17, 15) is 14.9 Å². The molecule has 0 aliphatic heterocycles. The van der Waals surface area contributed by atoms with E-state index in [1.165, 1.54) is 6.07 Å². The topological polar surface area (TPSA) is 82.7 Å². The van der Waals surface area contributed by atoms with E-state index in [4.69, 9.17) is 0 Å². The van der Waals surface area contributed by atoms with Crippen molar-refractivity contribution in [2.45, 2.75) is 6.92 Å². The zero-order chi connectivity index (χ0) is 10.6. The minimum Gasteiger partial charge on any atom is -0.618 e. The van der Waals surface area contributed by atoms with Crippen LogP contribution in [-0.4, -0.2) is 12.6 Å². The van der Waals surface area contributed by atoms with Gasteiger partial charge in [0, 0.05) is 12.1 Å². The summed E-state index contributed by atoms with van der Waals surface area (Å²) in [4.78, 5) is 21.3. The molecule has 14 heavy (non-hydrogen) atoms. The van der Waals surface area contributed by atoms with E-state index >= 15 is 0 Å². The van der Waals surface area contributed by atoms with Gasteiger partial charge in [-0.25, -0.2) is 4.79 Å². The average molecular weight is 196 g/mol. The maximum atomic E-state index is 11.1. The van der Waals surface area contributed by atoms with E-state index in [0.29, 0.717) is 4.73 Å². The van der Waals surface area contributed by atoms with Crippen LogP contribution >= 0.6 is 0 Å². The zero-order valence-corrected chi connectivity index (χ0v) is 7.47. The molecule has 0 bridgehead atoms. The molecule has 0 amide bonds. The van der Waals surface area contributed by atoms with Gasteiger partial charge in [-0.1, -0.05) is 0 Å². The molecule has 0 radical (unpaired) electrons. The van der Waals surface area contributed by atoms with Gasteiger partial charge in [-0.2, -0.15) is 4.73 Å². The Morgan fingerprint density at radius 1 is 1.71 bits per heavy atom. The van der Waals surface area contributed by atoms with Crippen LogP contribution in [0.5, 0.6) is 0 Å². The number of hydrogen-bond donors (Lipinski definition) is 0. The Labute approximate surface area is 79.7 Å². The second-order valence-electron chi connectivity index (χ2n) is 2.41. The van der Waals surface area contributed by atoms with Gasteiger partial charge in [0.2, 0.25) is 0 Å². The lowest BCUT2D eigenvalue weighted by Gasteiger charge is -2.02. The number of hydrogen-bond acceptors (Lipinski definition) is 5. The van der Waals surface area contributed by atoms with E-state index in [0.717, 1.165) is 12.3 Å². The lowest BCUT2D eigenvalue weighted by molar-refractivity contribution is -0.608. The van der Waals surface area contributed by atoms with Crippen LogP contribution in [0.2, 0.25) is 0 Å². The predicted molar refractivity (Wildman–Crippen MR) is 46.8 cm³/mol. The maximum absolute atomic E-state index is 11.1. The standard InChI is InChI=1S/C8H8N2O4/c1-2-14-8(11)7-5-6(9-12)3-4-10(7)13/h3-5H,2H2,1H3. The highest BCUT2D eigenvalue weighted by Crippen LogP contribution is 2.10. The SMILES string of the molecule is CCOC(=O)c1cc(N=O)cc[n+]1[O-]. The fourth-order valence-corrected chi connectivity index (χ4v) is 0.887. The molecule has 1 rings (SSSR count). The largest absolute Gasteiger partial charge is 0.618 e.